The second kappa shape index (κ2) is 7.27. The normalized spacial score (nSPS) is 11.0. The Kier molecular flexibility index (Phi) is 5.39. The fraction of sp³-hybridized carbons (Fsp3) is 0.235. The number of aliphatic imine (C=N–C) groups is 1. The molecule has 116 valence electrons. The van der Waals surface area contributed by atoms with Gasteiger partial charge in [0.25, 0.3) is 0 Å². The van der Waals surface area contributed by atoms with E-state index in [0.29, 0.717) is 16.4 Å². The molecule has 0 atom stereocenters. The van der Waals surface area contributed by atoms with Gasteiger partial charge in [0.1, 0.15) is 5.82 Å². The van der Waals surface area contributed by atoms with Gasteiger partial charge >= 0.3 is 0 Å². The molecule has 0 radical (unpaired) electrons. The van der Waals surface area contributed by atoms with E-state index in [4.69, 9.17) is 11.6 Å². The van der Waals surface area contributed by atoms with Gasteiger partial charge in [-0.1, -0.05) is 17.7 Å². The van der Waals surface area contributed by atoms with Gasteiger partial charge in [-0.05, 0) is 49.7 Å². The van der Waals surface area contributed by atoms with Crippen molar-refractivity contribution in [2.24, 2.45) is 4.99 Å². The molecule has 5 heteroatoms. The van der Waals surface area contributed by atoms with Crippen LogP contribution in [-0.4, -0.2) is 24.8 Å². The first-order valence-electron chi connectivity index (χ1n) is 7.06. The largest absolute Gasteiger partial charge is 0.366 e. The summed E-state index contributed by atoms with van der Waals surface area (Å²) >= 11 is 6.28. The van der Waals surface area contributed by atoms with Crippen molar-refractivity contribution in [1.82, 2.24) is 4.90 Å². The Morgan fingerprint density at radius 1 is 1.32 bits per heavy atom. The van der Waals surface area contributed by atoms with Gasteiger partial charge in [0, 0.05) is 25.0 Å². The topological polar surface area (TPSA) is 27.6 Å². The average Bonchev–Trinajstić information content (AvgIpc) is 2.49. The predicted molar refractivity (Wildman–Crippen MR) is 92.3 cm³/mol. The number of hydrogen-bond acceptors (Lipinski definition) is 2. The van der Waals surface area contributed by atoms with Crippen molar-refractivity contribution in [1.29, 1.82) is 0 Å². The first-order valence-corrected chi connectivity index (χ1v) is 7.44. The highest BCUT2D eigenvalue weighted by Gasteiger charge is 2.06. The number of nitrogens with zero attached hydrogens (tertiary/aromatic N) is 2. The zero-order chi connectivity index (χ0) is 16.1. The van der Waals surface area contributed by atoms with E-state index in [1.54, 1.807) is 24.5 Å². The van der Waals surface area contributed by atoms with E-state index in [0.717, 1.165) is 17.8 Å². The molecule has 0 fully saturated rings. The van der Waals surface area contributed by atoms with E-state index in [1.165, 1.54) is 12.1 Å². The van der Waals surface area contributed by atoms with Crippen molar-refractivity contribution in [3.63, 3.8) is 0 Å². The minimum atomic E-state index is -0.280. The molecular weight excluding hydrogens is 301 g/mol. The fourth-order valence-corrected chi connectivity index (χ4v) is 2.08. The van der Waals surface area contributed by atoms with Gasteiger partial charge in [0.15, 0.2) is 0 Å². The summed E-state index contributed by atoms with van der Waals surface area (Å²) in [5.74, 6) is -0.280. The van der Waals surface area contributed by atoms with Crippen LogP contribution >= 0.6 is 11.6 Å². The quantitative estimate of drug-likeness (QED) is 0.610. The van der Waals surface area contributed by atoms with E-state index < -0.39 is 0 Å². The Balaban J connectivity index is 2.24. The summed E-state index contributed by atoms with van der Waals surface area (Å²) in [7, 11) is 1.95. The van der Waals surface area contributed by atoms with Crippen molar-refractivity contribution in [3.05, 3.63) is 52.8 Å². The molecule has 2 rings (SSSR count). The standard InChI is InChI=1S/C17H19ClFN3/c1-4-22(3)11-20-17-8-12(2)16(10-15(17)18)21-14-7-5-6-13(19)9-14/h5-11,21H,4H2,1-3H3/b20-11-. The summed E-state index contributed by atoms with van der Waals surface area (Å²) in [6, 6.07) is 10.0. The van der Waals surface area contributed by atoms with Gasteiger partial charge in [-0.2, -0.15) is 0 Å². The second-order valence-corrected chi connectivity index (χ2v) is 5.48. The zero-order valence-electron chi connectivity index (χ0n) is 12.9. The Labute approximate surface area is 135 Å². The van der Waals surface area contributed by atoms with E-state index >= 15 is 0 Å². The third-order valence-electron chi connectivity index (χ3n) is 3.29. The Morgan fingerprint density at radius 2 is 2.09 bits per heavy atom. The Bertz CT molecular complexity index is 686. The molecular formula is C17H19ClFN3. The van der Waals surface area contributed by atoms with Gasteiger partial charge < -0.3 is 10.2 Å². The van der Waals surface area contributed by atoms with Gasteiger partial charge in [-0.15, -0.1) is 0 Å². The SMILES string of the molecule is CCN(C)/C=N\c1cc(C)c(Nc2cccc(F)c2)cc1Cl. The third kappa shape index (κ3) is 4.21. The number of hydrogen-bond donors (Lipinski definition) is 1. The molecule has 0 saturated carbocycles. The number of anilines is 2. The van der Waals surface area contributed by atoms with Crippen molar-refractivity contribution in [3.8, 4) is 0 Å². The van der Waals surface area contributed by atoms with Crippen LogP contribution < -0.4 is 5.32 Å². The molecule has 0 aromatic heterocycles. The summed E-state index contributed by atoms with van der Waals surface area (Å²) in [4.78, 5) is 6.34. The number of benzene rings is 2. The summed E-state index contributed by atoms with van der Waals surface area (Å²) in [5.41, 5.74) is 3.21. The Morgan fingerprint density at radius 3 is 2.77 bits per heavy atom. The van der Waals surface area contributed by atoms with Crippen LogP contribution in [0, 0.1) is 12.7 Å². The highest BCUT2D eigenvalue weighted by molar-refractivity contribution is 6.33. The van der Waals surface area contributed by atoms with Gasteiger partial charge in [0.05, 0.1) is 17.0 Å². The summed E-state index contributed by atoms with van der Waals surface area (Å²) in [6.07, 6.45) is 1.75. The molecule has 0 bridgehead atoms. The molecule has 0 saturated heterocycles. The fourth-order valence-electron chi connectivity index (χ4n) is 1.86. The number of aryl methyl sites for hydroxylation is 1. The molecule has 2 aromatic carbocycles. The lowest BCUT2D eigenvalue weighted by molar-refractivity contribution is 0.552. The van der Waals surface area contributed by atoms with Crippen LogP contribution in [0.4, 0.5) is 21.5 Å². The van der Waals surface area contributed by atoms with Crippen molar-refractivity contribution >= 4 is 35.0 Å². The smallest absolute Gasteiger partial charge is 0.125 e. The molecule has 22 heavy (non-hydrogen) atoms. The Hall–Kier alpha value is -2.07. The molecule has 0 amide bonds. The molecule has 0 aliphatic carbocycles. The maximum atomic E-state index is 13.2. The maximum Gasteiger partial charge on any atom is 0.125 e. The minimum absolute atomic E-state index is 0.280. The average molecular weight is 320 g/mol. The molecule has 2 aromatic rings. The molecule has 0 aliphatic heterocycles. The third-order valence-corrected chi connectivity index (χ3v) is 3.59. The van der Waals surface area contributed by atoms with Crippen LogP contribution in [0.3, 0.4) is 0 Å². The van der Waals surface area contributed by atoms with Crippen LogP contribution in [0.5, 0.6) is 0 Å². The minimum Gasteiger partial charge on any atom is -0.366 e. The molecule has 0 unspecified atom stereocenters. The lowest BCUT2D eigenvalue weighted by Gasteiger charge is -2.12. The maximum absolute atomic E-state index is 13.2. The van der Waals surface area contributed by atoms with Crippen molar-refractivity contribution in [2.75, 3.05) is 18.9 Å². The molecule has 1 N–H and O–H groups in total. The lowest BCUT2D eigenvalue weighted by Crippen LogP contribution is -2.14. The van der Waals surface area contributed by atoms with E-state index in [1.807, 2.05) is 31.9 Å². The van der Waals surface area contributed by atoms with E-state index in [2.05, 4.69) is 10.3 Å². The highest BCUT2D eigenvalue weighted by Crippen LogP contribution is 2.32. The van der Waals surface area contributed by atoms with Crippen LogP contribution in [0.25, 0.3) is 0 Å². The molecule has 0 spiro atoms. The van der Waals surface area contributed by atoms with Crippen LogP contribution in [0.15, 0.2) is 41.4 Å². The molecule has 0 heterocycles. The van der Waals surface area contributed by atoms with Crippen molar-refractivity contribution in [2.45, 2.75) is 13.8 Å². The van der Waals surface area contributed by atoms with Crippen molar-refractivity contribution < 1.29 is 4.39 Å². The second-order valence-electron chi connectivity index (χ2n) is 5.07. The number of halogens is 2. The summed E-state index contributed by atoms with van der Waals surface area (Å²) in [5, 5.41) is 3.72. The molecule has 0 aliphatic rings. The van der Waals surface area contributed by atoms with E-state index in [9.17, 15) is 4.39 Å². The van der Waals surface area contributed by atoms with Gasteiger partial charge in [-0.25, -0.2) is 9.38 Å². The lowest BCUT2D eigenvalue weighted by atomic mass is 10.1. The number of nitrogens with one attached hydrogen (secondary N) is 1. The van der Waals surface area contributed by atoms with Gasteiger partial charge in [-0.3, -0.25) is 0 Å². The molecule has 3 nitrogen and oxygen atoms in total. The summed E-state index contributed by atoms with van der Waals surface area (Å²) in [6.45, 7) is 4.88. The van der Waals surface area contributed by atoms with Crippen LogP contribution in [-0.2, 0) is 0 Å². The van der Waals surface area contributed by atoms with E-state index in [-0.39, 0.29) is 5.82 Å². The first kappa shape index (κ1) is 16.3. The predicted octanol–water partition coefficient (Wildman–Crippen LogP) is 5.14. The number of rotatable bonds is 5. The van der Waals surface area contributed by atoms with Gasteiger partial charge in [0.2, 0.25) is 0 Å². The first-order chi connectivity index (χ1) is 10.5. The monoisotopic (exact) mass is 319 g/mol. The highest BCUT2D eigenvalue weighted by atomic mass is 35.5. The summed E-state index contributed by atoms with van der Waals surface area (Å²) < 4.78 is 13.2. The van der Waals surface area contributed by atoms with Crippen LogP contribution in [0.2, 0.25) is 5.02 Å². The van der Waals surface area contributed by atoms with Crippen LogP contribution in [0.1, 0.15) is 12.5 Å². The zero-order valence-corrected chi connectivity index (χ0v) is 13.7.